The van der Waals surface area contributed by atoms with Gasteiger partial charge in [-0.2, -0.15) is 0 Å². The molecule has 2 aromatic carbocycles. The molecule has 2 aliphatic rings. The minimum atomic E-state index is -1.72. The van der Waals surface area contributed by atoms with Crippen LogP contribution in [0.15, 0.2) is 48.5 Å². The van der Waals surface area contributed by atoms with Gasteiger partial charge in [-0.25, -0.2) is 4.79 Å². The monoisotopic (exact) mass is 450 g/mol. The number of nitrogens with zero attached hydrogens (tertiary/aromatic N) is 2. The second-order valence-corrected chi connectivity index (χ2v) is 8.03. The number of fused-ring (bicyclic) bond motifs is 2. The van der Waals surface area contributed by atoms with E-state index in [1.807, 2.05) is 37.3 Å². The number of benzene rings is 2. The number of likely N-dealkylation sites (N-methyl/N-ethyl adjacent to an activating group) is 1. The summed E-state index contributed by atoms with van der Waals surface area (Å²) >= 11 is 0. The van der Waals surface area contributed by atoms with Crippen molar-refractivity contribution in [3.8, 4) is 0 Å². The van der Waals surface area contributed by atoms with Gasteiger partial charge >= 0.3 is 6.03 Å². The molecule has 1 heterocycles. The number of amides is 4. The molecular formula is C24H26N4O5. The molecule has 0 aromatic heterocycles. The molecule has 0 bridgehead atoms. The molecule has 0 radical (unpaired) electrons. The van der Waals surface area contributed by atoms with Crippen LogP contribution in [0.2, 0.25) is 0 Å². The Morgan fingerprint density at radius 1 is 1.15 bits per heavy atom. The molecule has 1 fully saturated rings. The van der Waals surface area contributed by atoms with Crippen LogP contribution in [-0.2, 0) is 37.7 Å². The van der Waals surface area contributed by atoms with Crippen molar-refractivity contribution in [3.05, 3.63) is 65.2 Å². The summed E-state index contributed by atoms with van der Waals surface area (Å²) in [5.41, 5.74) is 0.864. The smallest absolute Gasteiger partial charge is 0.318 e. The highest BCUT2D eigenvalue weighted by molar-refractivity contribution is 6.15. The first-order valence-electron chi connectivity index (χ1n) is 10.8. The lowest BCUT2D eigenvalue weighted by Gasteiger charge is -2.24. The average molecular weight is 450 g/mol. The van der Waals surface area contributed by atoms with E-state index >= 15 is 0 Å². The van der Waals surface area contributed by atoms with Gasteiger partial charge in [0.25, 0.3) is 5.91 Å². The Kier molecular flexibility index (Phi) is 6.15. The number of anilines is 1. The van der Waals surface area contributed by atoms with Crippen molar-refractivity contribution >= 4 is 29.3 Å². The van der Waals surface area contributed by atoms with Crippen molar-refractivity contribution in [2.24, 2.45) is 0 Å². The second-order valence-electron chi connectivity index (χ2n) is 8.03. The Labute approximate surface area is 191 Å². The van der Waals surface area contributed by atoms with Crippen molar-refractivity contribution in [1.29, 1.82) is 0 Å². The standard InChI is InChI=1S/C24H26N4O5/c1-3-27(13-16-7-5-4-6-8-16)21(30)14-28-15-33-24(22(28)31)19-10-9-18(26-23(32)25-2)11-17(19)12-20(24)29/h4-11H,3,12-15H2,1-2H3,(H2,25,26,32)/t24-/m1/s1. The molecule has 9 nitrogen and oxygen atoms in total. The number of carbonyl (C=O) groups excluding carboxylic acids is 4. The number of rotatable bonds is 6. The van der Waals surface area contributed by atoms with Gasteiger partial charge in [0, 0.05) is 37.8 Å². The fourth-order valence-electron chi connectivity index (χ4n) is 4.27. The first-order chi connectivity index (χ1) is 15.9. The molecule has 1 atom stereocenters. The molecule has 4 amide bonds. The first kappa shape index (κ1) is 22.5. The van der Waals surface area contributed by atoms with E-state index in [-0.39, 0.29) is 37.4 Å². The van der Waals surface area contributed by atoms with Gasteiger partial charge in [-0.05, 0) is 30.2 Å². The maximum atomic E-state index is 13.3. The topological polar surface area (TPSA) is 108 Å². The van der Waals surface area contributed by atoms with E-state index in [9.17, 15) is 19.2 Å². The molecule has 1 aliphatic heterocycles. The van der Waals surface area contributed by atoms with Crippen molar-refractivity contribution < 1.29 is 23.9 Å². The summed E-state index contributed by atoms with van der Waals surface area (Å²) in [7, 11) is 1.50. The quantitative estimate of drug-likeness (QED) is 0.651. The summed E-state index contributed by atoms with van der Waals surface area (Å²) < 4.78 is 5.80. The van der Waals surface area contributed by atoms with Crippen molar-refractivity contribution in [1.82, 2.24) is 15.1 Å². The Hall–Kier alpha value is -3.72. The fourth-order valence-corrected chi connectivity index (χ4v) is 4.27. The van der Waals surface area contributed by atoms with E-state index in [1.165, 1.54) is 11.9 Å². The van der Waals surface area contributed by atoms with Gasteiger partial charge in [0.1, 0.15) is 13.3 Å². The van der Waals surface area contributed by atoms with Crippen LogP contribution >= 0.6 is 0 Å². The second kappa shape index (κ2) is 9.03. The van der Waals surface area contributed by atoms with Crippen LogP contribution in [0.1, 0.15) is 23.6 Å². The number of nitrogens with one attached hydrogen (secondary N) is 2. The first-order valence-corrected chi connectivity index (χ1v) is 10.8. The summed E-state index contributed by atoms with van der Waals surface area (Å²) in [6, 6.07) is 14.1. The lowest BCUT2D eigenvalue weighted by molar-refractivity contribution is -0.149. The largest absolute Gasteiger partial charge is 0.341 e. The zero-order valence-corrected chi connectivity index (χ0v) is 18.6. The Bertz CT molecular complexity index is 1100. The number of urea groups is 1. The van der Waals surface area contributed by atoms with Gasteiger partial charge in [0.2, 0.25) is 11.5 Å². The predicted octanol–water partition coefficient (Wildman–Crippen LogP) is 1.62. The molecular weight excluding hydrogens is 424 g/mol. The minimum Gasteiger partial charge on any atom is -0.341 e. The van der Waals surface area contributed by atoms with Gasteiger partial charge in [0.05, 0.1) is 0 Å². The molecule has 33 heavy (non-hydrogen) atoms. The highest BCUT2D eigenvalue weighted by atomic mass is 16.5. The molecule has 0 unspecified atom stereocenters. The third kappa shape index (κ3) is 4.07. The lowest BCUT2D eigenvalue weighted by atomic mass is 9.94. The van der Waals surface area contributed by atoms with Crippen LogP contribution < -0.4 is 10.6 Å². The third-order valence-electron chi connectivity index (χ3n) is 6.02. The van der Waals surface area contributed by atoms with Crippen molar-refractivity contribution in [2.45, 2.75) is 25.5 Å². The highest BCUT2D eigenvalue weighted by Crippen LogP contribution is 2.43. The highest BCUT2D eigenvalue weighted by Gasteiger charge is 2.59. The molecule has 4 rings (SSSR count). The van der Waals surface area contributed by atoms with Crippen LogP contribution in [0.4, 0.5) is 10.5 Å². The average Bonchev–Trinajstić information content (AvgIpc) is 3.29. The van der Waals surface area contributed by atoms with Gasteiger partial charge in [0.15, 0.2) is 5.78 Å². The molecule has 2 N–H and O–H groups in total. The van der Waals surface area contributed by atoms with E-state index in [0.29, 0.717) is 29.9 Å². The van der Waals surface area contributed by atoms with E-state index in [1.54, 1.807) is 23.1 Å². The van der Waals surface area contributed by atoms with Gasteiger partial charge in [-0.1, -0.05) is 36.4 Å². The van der Waals surface area contributed by atoms with Crippen molar-refractivity contribution in [3.63, 3.8) is 0 Å². The molecule has 1 saturated heterocycles. The van der Waals surface area contributed by atoms with E-state index in [0.717, 1.165) is 5.56 Å². The van der Waals surface area contributed by atoms with Crippen LogP contribution in [0.3, 0.4) is 0 Å². The molecule has 2 aromatic rings. The Morgan fingerprint density at radius 2 is 1.91 bits per heavy atom. The van der Waals surface area contributed by atoms with E-state index < -0.39 is 11.5 Å². The zero-order chi connectivity index (χ0) is 23.6. The van der Waals surface area contributed by atoms with Crippen LogP contribution in [0.5, 0.6) is 0 Å². The van der Waals surface area contributed by atoms with E-state index in [4.69, 9.17) is 4.74 Å². The van der Waals surface area contributed by atoms with Crippen molar-refractivity contribution in [2.75, 3.05) is 32.2 Å². The number of Topliss-reactive ketones (excluding diaryl/α,β-unsaturated/α-hetero) is 1. The molecule has 9 heteroatoms. The number of ketones is 1. The van der Waals surface area contributed by atoms with Crippen LogP contribution in [0.25, 0.3) is 0 Å². The van der Waals surface area contributed by atoms with Gasteiger partial charge < -0.3 is 25.2 Å². The maximum Gasteiger partial charge on any atom is 0.318 e. The maximum absolute atomic E-state index is 13.3. The summed E-state index contributed by atoms with van der Waals surface area (Å²) in [4.78, 5) is 53.8. The summed E-state index contributed by atoms with van der Waals surface area (Å²) in [6.45, 7) is 2.50. The minimum absolute atomic E-state index is 0.0151. The molecule has 1 aliphatic carbocycles. The third-order valence-corrected chi connectivity index (χ3v) is 6.02. The Balaban J connectivity index is 1.50. The summed E-state index contributed by atoms with van der Waals surface area (Å²) in [5.74, 6) is -1.11. The number of hydrogen-bond acceptors (Lipinski definition) is 5. The normalized spacial score (nSPS) is 19.0. The summed E-state index contributed by atoms with van der Waals surface area (Å²) in [6.07, 6.45) is 0.0151. The molecule has 0 saturated carbocycles. The Morgan fingerprint density at radius 3 is 2.61 bits per heavy atom. The molecule has 1 spiro atoms. The zero-order valence-electron chi connectivity index (χ0n) is 18.6. The number of ether oxygens (including phenoxy) is 1. The van der Waals surface area contributed by atoms with E-state index in [2.05, 4.69) is 10.6 Å². The predicted molar refractivity (Wildman–Crippen MR) is 120 cm³/mol. The fraction of sp³-hybridized carbons (Fsp3) is 0.333. The summed E-state index contributed by atoms with van der Waals surface area (Å²) in [5, 5.41) is 5.11. The van der Waals surface area contributed by atoms with Crippen LogP contribution in [0, 0.1) is 0 Å². The number of hydrogen-bond donors (Lipinski definition) is 2. The number of carbonyl (C=O) groups is 4. The van der Waals surface area contributed by atoms with Crippen LogP contribution in [-0.4, -0.2) is 60.3 Å². The SMILES string of the molecule is CCN(Cc1ccccc1)C(=O)CN1CO[C@]2(C(=O)Cc3cc(NC(=O)NC)ccc32)C1=O. The van der Waals surface area contributed by atoms with Gasteiger partial charge in [-0.15, -0.1) is 0 Å². The molecule has 172 valence electrons. The van der Waals surface area contributed by atoms with Gasteiger partial charge in [-0.3, -0.25) is 14.4 Å². The lowest BCUT2D eigenvalue weighted by Crippen LogP contribution is -2.46.